The molecule has 1 aromatic rings. The molecule has 2 rings (SSSR count). The van der Waals surface area contributed by atoms with Crippen LogP contribution in [0.5, 0.6) is 0 Å². The molecule has 1 saturated heterocycles. The van der Waals surface area contributed by atoms with Gasteiger partial charge in [0.1, 0.15) is 0 Å². The predicted molar refractivity (Wildman–Crippen MR) is 73.1 cm³/mol. The normalized spacial score (nSPS) is 16.9. The largest absolute Gasteiger partial charge is 0.469 e. The molecule has 0 atom stereocenters. The molecule has 1 heterocycles. The van der Waals surface area contributed by atoms with Crippen molar-refractivity contribution >= 4 is 11.7 Å². The summed E-state index contributed by atoms with van der Waals surface area (Å²) in [5.74, 6) is -0.118. The third kappa shape index (κ3) is 3.54. The minimum atomic E-state index is -0.397. The first-order chi connectivity index (χ1) is 9.60. The monoisotopic (exact) mass is 278 g/mol. The van der Waals surface area contributed by atoms with E-state index >= 15 is 0 Å². The maximum atomic E-state index is 11.4. The van der Waals surface area contributed by atoms with Crippen LogP contribution in [0.2, 0.25) is 0 Å². The fourth-order valence-electron chi connectivity index (χ4n) is 2.47. The number of nitro benzene ring substituents is 1. The van der Waals surface area contributed by atoms with Gasteiger partial charge in [0.05, 0.1) is 18.0 Å². The van der Waals surface area contributed by atoms with Gasteiger partial charge in [-0.3, -0.25) is 19.8 Å². The van der Waals surface area contributed by atoms with Gasteiger partial charge in [0.25, 0.3) is 5.69 Å². The number of esters is 1. The lowest BCUT2D eigenvalue weighted by molar-refractivity contribution is -0.384. The van der Waals surface area contributed by atoms with Crippen molar-refractivity contribution in [3.8, 4) is 0 Å². The Morgan fingerprint density at radius 2 is 1.95 bits per heavy atom. The SMILES string of the molecule is COC(=O)C1CCN(Cc2ccc([N+](=O)[O-])cc2)CC1. The Balaban J connectivity index is 1.86. The van der Waals surface area contributed by atoms with Gasteiger partial charge in [-0.2, -0.15) is 0 Å². The average Bonchev–Trinajstić information content (AvgIpc) is 2.48. The van der Waals surface area contributed by atoms with E-state index in [1.54, 1.807) is 12.1 Å². The fourth-order valence-corrected chi connectivity index (χ4v) is 2.47. The van der Waals surface area contributed by atoms with E-state index in [2.05, 4.69) is 4.90 Å². The average molecular weight is 278 g/mol. The molecular weight excluding hydrogens is 260 g/mol. The lowest BCUT2D eigenvalue weighted by Crippen LogP contribution is -2.36. The van der Waals surface area contributed by atoms with Crippen LogP contribution in [0, 0.1) is 16.0 Å². The molecular formula is C14H18N2O4. The lowest BCUT2D eigenvalue weighted by atomic mass is 9.96. The standard InChI is InChI=1S/C14H18N2O4/c1-20-14(17)12-6-8-15(9-7-12)10-11-2-4-13(5-3-11)16(18)19/h2-5,12H,6-10H2,1H3. The van der Waals surface area contributed by atoms with Crippen molar-refractivity contribution in [1.82, 2.24) is 4.90 Å². The van der Waals surface area contributed by atoms with Crippen LogP contribution in [0.25, 0.3) is 0 Å². The molecule has 0 bridgehead atoms. The molecule has 1 aliphatic rings. The highest BCUT2D eigenvalue weighted by Gasteiger charge is 2.25. The van der Waals surface area contributed by atoms with Crippen molar-refractivity contribution in [3.63, 3.8) is 0 Å². The fraction of sp³-hybridized carbons (Fsp3) is 0.500. The molecule has 0 aliphatic carbocycles. The van der Waals surface area contributed by atoms with E-state index in [-0.39, 0.29) is 17.6 Å². The summed E-state index contributed by atoms with van der Waals surface area (Å²) in [6.45, 7) is 2.44. The Kier molecular flexibility index (Phi) is 4.68. The van der Waals surface area contributed by atoms with Crippen LogP contribution in [-0.4, -0.2) is 36.0 Å². The van der Waals surface area contributed by atoms with Gasteiger partial charge in [0, 0.05) is 18.7 Å². The molecule has 1 fully saturated rings. The van der Waals surface area contributed by atoms with Gasteiger partial charge in [-0.1, -0.05) is 12.1 Å². The number of nitro groups is 1. The highest BCUT2D eigenvalue weighted by Crippen LogP contribution is 2.21. The van der Waals surface area contributed by atoms with Crippen LogP contribution in [-0.2, 0) is 16.1 Å². The number of non-ortho nitro benzene ring substituents is 1. The number of piperidine rings is 1. The van der Waals surface area contributed by atoms with Crippen molar-refractivity contribution in [2.24, 2.45) is 5.92 Å². The number of hydrogen-bond donors (Lipinski definition) is 0. The first kappa shape index (κ1) is 14.5. The molecule has 0 spiro atoms. The molecule has 1 aliphatic heterocycles. The van der Waals surface area contributed by atoms with E-state index in [1.165, 1.54) is 19.2 Å². The van der Waals surface area contributed by atoms with Gasteiger partial charge in [-0.25, -0.2) is 0 Å². The Morgan fingerprint density at radius 3 is 2.45 bits per heavy atom. The van der Waals surface area contributed by atoms with Gasteiger partial charge >= 0.3 is 5.97 Å². The number of carbonyl (C=O) groups excluding carboxylic acids is 1. The Morgan fingerprint density at radius 1 is 1.35 bits per heavy atom. The summed E-state index contributed by atoms with van der Waals surface area (Å²) >= 11 is 0. The molecule has 0 amide bonds. The lowest BCUT2D eigenvalue weighted by Gasteiger charge is -2.30. The number of benzene rings is 1. The Bertz CT molecular complexity index is 478. The van der Waals surface area contributed by atoms with Crippen LogP contribution in [0.3, 0.4) is 0 Å². The minimum absolute atomic E-state index is 0.00751. The zero-order valence-electron chi connectivity index (χ0n) is 11.4. The molecule has 0 N–H and O–H groups in total. The van der Waals surface area contributed by atoms with Crippen LogP contribution in [0.4, 0.5) is 5.69 Å². The van der Waals surface area contributed by atoms with Crippen LogP contribution in [0.1, 0.15) is 18.4 Å². The second kappa shape index (κ2) is 6.47. The highest BCUT2D eigenvalue weighted by molar-refractivity contribution is 5.72. The molecule has 108 valence electrons. The van der Waals surface area contributed by atoms with Gasteiger partial charge in [0.2, 0.25) is 0 Å². The van der Waals surface area contributed by atoms with Crippen LogP contribution >= 0.6 is 0 Å². The predicted octanol–water partition coefficient (Wildman–Crippen LogP) is 1.98. The molecule has 6 nitrogen and oxygen atoms in total. The summed E-state index contributed by atoms with van der Waals surface area (Å²) in [7, 11) is 1.42. The highest BCUT2D eigenvalue weighted by atomic mass is 16.6. The number of methoxy groups -OCH3 is 1. The minimum Gasteiger partial charge on any atom is -0.469 e. The van der Waals surface area contributed by atoms with Crippen molar-refractivity contribution in [2.75, 3.05) is 20.2 Å². The zero-order chi connectivity index (χ0) is 14.5. The molecule has 0 radical (unpaired) electrons. The number of likely N-dealkylation sites (tertiary alicyclic amines) is 1. The second-order valence-corrected chi connectivity index (χ2v) is 5.00. The van der Waals surface area contributed by atoms with E-state index in [0.29, 0.717) is 0 Å². The van der Waals surface area contributed by atoms with Gasteiger partial charge in [-0.05, 0) is 31.5 Å². The topological polar surface area (TPSA) is 72.7 Å². The van der Waals surface area contributed by atoms with Crippen LogP contribution < -0.4 is 0 Å². The van der Waals surface area contributed by atoms with Crippen molar-refractivity contribution in [3.05, 3.63) is 39.9 Å². The third-order valence-corrected chi connectivity index (χ3v) is 3.68. The smallest absolute Gasteiger partial charge is 0.308 e. The second-order valence-electron chi connectivity index (χ2n) is 5.00. The van der Waals surface area contributed by atoms with E-state index in [9.17, 15) is 14.9 Å². The molecule has 1 aromatic carbocycles. The molecule has 0 unspecified atom stereocenters. The van der Waals surface area contributed by atoms with Crippen LogP contribution in [0.15, 0.2) is 24.3 Å². The maximum Gasteiger partial charge on any atom is 0.308 e. The number of nitrogens with zero attached hydrogens (tertiary/aromatic N) is 2. The van der Waals surface area contributed by atoms with Crippen molar-refractivity contribution in [1.29, 1.82) is 0 Å². The first-order valence-corrected chi connectivity index (χ1v) is 6.63. The van der Waals surface area contributed by atoms with E-state index in [4.69, 9.17) is 4.74 Å². The number of rotatable bonds is 4. The van der Waals surface area contributed by atoms with Gasteiger partial charge < -0.3 is 4.74 Å². The zero-order valence-corrected chi connectivity index (χ0v) is 11.4. The van der Waals surface area contributed by atoms with E-state index < -0.39 is 4.92 Å². The van der Waals surface area contributed by atoms with Crippen molar-refractivity contribution < 1.29 is 14.5 Å². The summed E-state index contributed by atoms with van der Waals surface area (Å²) in [5.41, 5.74) is 1.16. The molecule has 0 aromatic heterocycles. The van der Waals surface area contributed by atoms with E-state index in [1.807, 2.05) is 0 Å². The summed E-state index contributed by atoms with van der Waals surface area (Å²) in [4.78, 5) is 23.9. The Labute approximate surface area is 117 Å². The van der Waals surface area contributed by atoms with Crippen molar-refractivity contribution in [2.45, 2.75) is 19.4 Å². The molecule has 20 heavy (non-hydrogen) atoms. The maximum absolute atomic E-state index is 11.4. The third-order valence-electron chi connectivity index (χ3n) is 3.68. The summed E-state index contributed by atoms with van der Waals surface area (Å²) in [6.07, 6.45) is 1.61. The van der Waals surface area contributed by atoms with E-state index in [0.717, 1.165) is 38.0 Å². The first-order valence-electron chi connectivity index (χ1n) is 6.63. The summed E-state index contributed by atoms with van der Waals surface area (Å²) < 4.78 is 4.76. The number of carbonyl (C=O) groups is 1. The van der Waals surface area contributed by atoms with Gasteiger partial charge in [-0.15, -0.1) is 0 Å². The number of hydrogen-bond acceptors (Lipinski definition) is 5. The number of ether oxygens (including phenoxy) is 1. The quantitative estimate of drug-likeness (QED) is 0.478. The van der Waals surface area contributed by atoms with Gasteiger partial charge in [0.15, 0.2) is 0 Å². The Hall–Kier alpha value is -1.95. The summed E-state index contributed by atoms with van der Waals surface area (Å²) in [5, 5.41) is 10.6. The molecule has 0 saturated carbocycles. The molecule has 6 heteroatoms. The summed E-state index contributed by atoms with van der Waals surface area (Å²) in [6, 6.07) is 6.61.